The number of hydrogen-bond donors (Lipinski definition) is 0. The van der Waals surface area contributed by atoms with E-state index in [1.807, 2.05) is 20.8 Å². The Morgan fingerprint density at radius 1 is 1.00 bits per heavy atom. The molecule has 0 saturated heterocycles. The minimum atomic E-state index is -4.00. The normalized spacial score (nSPS) is 25.9. The van der Waals surface area contributed by atoms with Gasteiger partial charge in [-0.1, -0.05) is 26.8 Å². The van der Waals surface area contributed by atoms with Crippen molar-refractivity contribution in [2.45, 2.75) is 45.1 Å². The molecule has 0 bridgehead atoms. The maximum atomic E-state index is 13.7. The lowest BCUT2D eigenvalue weighted by Gasteiger charge is -2.36. The summed E-state index contributed by atoms with van der Waals surface area (Å²) in [7, 11) is 0. The van der Waals surface area contributed by atoms with Crippen LogP contribution in [0.2, 0.25) is 0 Å². The third kappa shape index (κ3) is 2.02. The highest BCUT2D eigenvalue weighted by molar-refractivity contribution is 5.46. The first-order valence-electron chi connectivity index (χ1n) is 5.62. The maximum Gasteiger partial charge on any atom is 0.471 e. The van der Waals surface area contributed by atoms with E-state index in [9.17, 15) is 13.2 Å². The van der Waals surface area contributed by atoms with Crippen LogP contribution in [0.4, 0.5) is 13.2 Å². The Labute approximate surface area is 104 Å². The standard InChI is InChI=1S/C13H15F3O2/c1-11(2,3)8-5-6-9-10(7-8)17-12(4,14)13(15,16)18-9/h5-7H,1-4H3. The molecule has 1 aromatic carbocycles. The van der Waals surface area contributed by atoms with Gasteiger partial charge in [0.05, 0.1) is 0 Å². The van der Waals surface area contributed by atoms with Crippen LogP contribution in [0.5, 0.6) is 11.5 Å². The van der Waals surface area contributed by atoms with Crippen LogP contribution in [-0.4, -0.2) is 12.0 Å². The van der Waals surface area contributed by atoms with E-state index in [1.165, 1.54) is 12.1 Å². The minimum absolute atomic E-state index is 0.00153. The average molecular weight is 260 g/mol. The van der Waals surface area contributed by atoms with Gasteiger partial charge in [-0.2, -0.15) is 13.2 Å². The molecule has 1 heterocycles. The first-order valence-corrected chi connectivity index (χ1v) is 5.62. The van der Waals surface area contributed by atoms with Gasteiger partial charge in [0.2, 0.25) is 0 Å². The smallest absolute Gasteiger partial charge is 0.446 e. The van der Waals surface area contributed by atoms with Gasteiger partial charge in [0.15, 0.2) is 11.5 Å². The summed E-state index contributed by atoms with van der Waals surface area (Å²) in [5.74, 6) is -3.32. The van der Waals surface area contributed by atoms with Crippen LogP contribution in [0.3, 0.4) is 0 Å². The topological polar surface area (TPSA) is 18.5 Å². The molecular formula is C13H15F3O2. The highest BCUT2D eigenvalue weighted by Crippen LogP contribution is 2.46. The monoisotopic (exact) mass is 260 g/mol. The Balaban J connectivity index is 2.46. The summed E-state index contributed by atoms with van der Waals surface area (Å²) < 4.78 is 49.3. The molecule has 1 atom stereocenters. The molecule has 1 unspecified atom stereocenters. The lowest BCUT2D eigenvalue weighted by Crippen LogP contribution is -2.53. The molecule has 0 amide bonds. The Morgan fingerprint density at radius 2 is 1.61 bits per heavy atom. The van der Waals surface area contributed by atoms with Crippen molar-refractivity contribution in [3.63, 3.8) is 0 Å². The molecule has 5 heteroatoms. The zero-order chi connectivity index (χ0) is 13.8. The molecule has 0 aliphatic carbocycles. The molecule has 0 radical (unpaired) electrons. The van der Waals surface area contributed by atoms with E-state index in [0.717, 1.165) is 5.56 Å². The number of benzene rings is 1. The third-order valence-electron chi connectivity index (χ3n) is 2.87. The van der Waals surface area contributed by atoms with Crippen molar-refractivity contribution in [3.05, 3.63) is 23.8 Å². The Bertz CT molecular complexity index is 476. The highest BCUT2D eigenvalue weighted by atomic mass is 19.3. The number of hydrogen-bond acceptors (Lipinski definition) is 2. The summed E-state index contributed by atoms with van der Waals surface area (Å²) in [6.45, 7) is 6.53. The second-order valence-corrected chi connectivity index (χ2v) is 5.55. The van der Waals surface area contributed by atoms with Crippen molar-refractivity contribution in [2.24, 2.45) is 0 Å². The number of fused-ring (bicyclic) bond motifs is 1. The van der Waals surface area contributed by atoms with Crippen LogP contribution in [-0.2, 0) is 5.41 Å². The summed E-state index contributed by atoms with van der Waals surface area (Å²) >= 11 is 0. The zero-order valence-electron chi connectivity index (χ0n) is 10.7. The molecule has 100 valence electrons. The largest absolute Gasteiger partial charge is 0.471 e. The predicted octanol–water partition coefficient (Wildman–Crippen LogP) is 4.03. The fourth-order valence-corrected chi connectivity index (χ4v) is 1.63. The SMILES string of the molecule is CC(C)(C)c1ccc2c(c1)OC(C)(F)C(F)(F)O2. The summed E-state index contributed by atoms with van der Waals surface area (Å²) in [4.78, 5) is 0. The molecule has 18 heavy (non-hydrogen) atoms. The molecule has 1 aromatic rings. The Hall–Kier alpha value is -1.39. The van der Waals surface area contributed by atoms with Crippen molar-refractivity contribution >= 4 is 0 Å². The highest BCUT2D eigenvalue weighted by Gasteiger charge is 2.60. The van der Waals surface area contributed by atoms with Gasteiger partial charge >= 0.3 is 12.0 Å². The van der Waals surface area contributed by atoms with E-state index in [4.69, 9.17) is 4.74 Å². The van der Waals surface area contributed by atoms with Gasteiger partial charge < -0.3 is 9.47 Å². The van der Waals surface area contributed by atoms with E-state index >= 15 is 0 Å². The van der Waals surface area contributed by atoms with Crippen LogP contribution in [0, 0.1) is 0 Å². The zero-order valence-corrected chi connectivity index (χ0v) is 10.7. The predicted molar refractivity (Wildman–Crippen MR) is 60.9 cm³/mol. The van der Waals surface area contributed by atoms with Crippen molar-refractivity contribution in [3.8, 4) is 11.5 Å². The second kappa shape index (κ2) is 3.56. The average Bonchev–Trinajstić information content (AvgIpc) is 2.16. The summed E-state index contributed by atoms with van der Waals surface area (Å²) in [5.41, 5.74) is 0.663. The van der Waals surface area contributed by atoms with E-state index in [0.29, 0.717) is 6.92 Å². The van der Waals surface area contributed by atoms with Gasteiger partial charge in [0.1, 0.15) is 0 Å². The summed E-state index contributed by atoms with van der Waals surface area (Å²) in [6, 6.07) is 4.57. The van der Waals surface area contributed by atoms with Crippen LogP contribution in [0.25, 0.3) is 0 Å². The molecule has 0 fully saturated rings. The number of alkyl halides is 3. The van der Waals surface area contributed by atoms with E-state index in [-0.39, 0.29) is 16.9 Å². The van der Waals surface area contributed by atoms with Crippen molar-refractivity contribution in [1.29, 1.82) is 0 Å². The van der Waals surface area contributed by atoms with Gasteiger partial charge in [-0.15, -0.1) is 0 Å². The lowest BCUT2D eigenvalue weighted by atomic mass is 9.87. The fourth-order valence-electron chi connectivity index (χ4n) is 1.63. The van der Waals surface area contributed by atoms with Crippen molar-refractivity contribution in [2.75, 3.05) is 0 Å². The van der Waals surface area contributed by atoms with E-state index in [1.54, 1.807) is 6.07 Å². The first kappa shape index (κ1) is 13.1. The summed E-state index contributed by atoms with van der Waals surface area (Å²) in [5, 5.41) is 0. The molecule has 1 aliphatic rings. The molecule has 0 aromatic heterocycles. The number of rotatable bonds is 0. The van der Waals surface area contributed by atoms with Crippen LogP contribution < -0.4 is 9.47 Å². The molecule has 0 spiro atoms. The molecule has 2 rings (SSSR count). The van der Waals surface area contributed by atoms with Crippen LogP contribution in [0.15, 0.2) is 18.2 Å². The lowest BCUT2D eigenvalue weighted by molar-refractivity contribution is -0.332. The molecule has 2 nitrogen and oxygen atoms in total. The van der Waals surface area contributed by atoms with Gasteiger partial charge in [0, 0.05) is 6.92 Å². The fraction of sp³-hybridized carbons (Fsp3) is 0.538. The molecule has 0 N–H and O–H groups in total. The van der Waals surface area contributed by atoms with Crippen molar-refractivity contribution < 1.29 is 22.6 Å². The van der Waals surface area contributed by atoms with Crippen molar-refractivity contribution in [1.82, 2.24) is 0 Å². The van der Waals surface area contributed by atoms with Gasteiger partial charge in [-0.3, -0.25) is 0 Å². The van der Waals surface area contributed by atoms with Crippen LogP contribution >= 0.6 is 0 Å². The van der Waals surface area contributed by atoms with Crippen LogP contribution in [0.1, 0.15) is 33.3 Å². The van der Waals surface area contributed by atoms with E-state index < -0.39 is 12.0 Å². The van der Waals surface area contributed by atoms with Gasteiger partial charge in [-0.05, 0) is 23.1 Å². The summed E-state index contributed by atoms with van der Waals surface area (Å²) in [6.07, 6.45) is -4.00. The maximum absolute atomic E-state index is 13.7. The number of halogens is 3. The van der Waals surface area contributed by atoms with E-state index in [2.05, 4.69) is 4.74 Å². The number of ether oxygens (including phenoxy) is 2. The second-order valence-electron chi connectivity index (χ2n) is 5.55. The first-order chi connectivity index (χ1) is 8.03. The van der Waals surface area contributed by atoms with Gasteiger partial charge in [-0.25, -0.2) is 0 Å². The third-order valence-corrected chi connectivity index (χ3v) is 2.87. The quantitative estimate of drug-likeness (QED) is 0.701. The minimum Gasteiger partial charge on any atom is -0.446 e. The molecular weight excluding hydrogens is 245 g/mol. The Morgan fingerprint density at radius 3 is 2.17 bits per heavy atom. The van der Waals surface area contributed by atoms with Gasteiger partial charge in [0.25, 0.3) is 0 Å². The Kier molecular flexibility index (Phi) is 2.58. The molecule has 0 saturated carbocycles. The molecule has 1 aliphatic heterocycles.